The monoisotopic (exact) mass is 494 g/mol. The van der Waals surface area contributed by atoms with Crippen molar-refractivity contribution < 1.29 is 0 Å². The summed E-state index contributed by atoms with van der Waals surface area (Å²) in [4.78, 5) is 4.72. The number of hydrogen-bond acceptors (Lipinski definition) is 5. The molecule has 0 aliphatic carbocycles. The lowest BCUT2D eigenvalue weighted by molar-refractivity contribution is 0.836. The summed E-state index contributed by atoms with van der Waals surface area (Å²) in [5.41, 5.74) is 3.51. The first-order valence-electron chi connectivity index (χ1n) is 8.41. The zero-order valence-electron chi connectivity index (χ0n) is 14.7. The van der Waals surface area contributed by atoms with E-state index in [0.717, 1.165) is 21.5 Å². The van der Waals surface area contributed by atoms with Crippen LogP contribution in [0.5, 0.6) is 0 Å². The van der Waals surface area contributed by atoms with Crippen molar-refractivity contribution in [3.8, 4) is 17.8 Å². The molecule has 2 aromatic carbocycles. The summed E-state index contributed by atoms with van der Waals surface area (Å²) < 4.78 is 2.87. The molecule has 1 aromatic heterocycles. The molecular formula is C20H12Br2N6. The van der Waals surface area contributed by atoms with Crippen molar-refractivity contribution in [1.82, 2.24) is 14.8 Å². The molecule has 1 aliphatic rings. The number of nitrogens with zero attached hydrogens (tertiary/aromatic N) is 6. The molecule has 0 bridgehead atoms. The van der Waals surface area contributed by atoms with Gasteiger partial charge in [-0.15, -0.1) is 10.2 Å². The van der Waals surface area contributed by atoms with Crippen LogP contribution in [0, 0.1) is 22.7 Å². The van der Waals surface area contributed by atoms with Crippen LogP contribution >= 0.6 is 31.9 Å². The van der Waals surface area contributed by atoms with E-state index in [2.05, 4.69) is 54.2 Å². The second kappa shape index (κ2) is 7.31. The average molecular weight is 496 g/mol. The lowest BCUT2D eigenvalue weighted by Crippen LogP contribution is -2.13. The number of benzene rings is 2. The first kappa shape index (κ1) is 18.5. The Morgan fingerprint density at radius 3 is 2.46 bits per heavy atom. The Kier molecular flexibility index (Phi) is 4.84. The minimum Gasteiger partial charge on any atom is -0.280 e. The molecule has 28 heavy (non-hydrogen) atoms. The Balaban J connectivity index is 2.09. The molecular weight excluding hydrogens is 484 g/mol. The second-order valence-corrected chi connectivity index (χ2v) is 8.49. The third-order valence-electron chi connectivity index (χ3n) is 4.50. The SMILES string of the molecule is CC(Br)c1nnc2n1-c1ccc(C#N)c(C#N)c1C(c1ccc(Br)cc1)=NC2. The molecule has 1 atom stereocenters. The highest BCUT2D eigenvalue weighted by atomic mass is 79.9. The normalized spacial score (nSPS) is 13.4. The smallest absolute Gasteiger partial charge is 0.159 e. The summed E-state index contributed by atoms with van der Waals surface area (Å²) >= 11 is 7.01. The van der Waals surface area contributed by atoms with E-state index in [1.54, 1.807) is 6.07 Å². The molecule has 0 saturated carbocycles. The number of rotatable bonds is 2. The Morgan fingerprint density at radius 2 is 1.82 bits per heavy atom. The van der Waals surface area contributed by atoms with Crippen LogP contribution in [0.2, 0.25) is 0 Å². The lowest BCUT2D eigenvalue weighted by atomic mass is 9.93. The van der Waals surface area contributed by atoms with E-state index >= 15 is 0 Å². The van der Waals surface area contributed by atoms with E-state index in [1.165, 1.54) is 0 Å². The van der Waals surface area contributed by atoms with Crippen molar-refractivity contribution in [2.24, 2.45) is 4.99 Å². The maximum atomic E-state index is 9.87. The van der Waals surface area contributed by atoms with Gasteiger partial charge in [0.05, 0.1) is 27.4 Å². The molecule has 6 nitrogen and oxygen atoms in total. The predicted molar refractivity (Wildman–Crippen MR) is 112 cm³/mol. The minimum absolute atomic E-state index is 0.0444. The molecule has 0 spiro atoms. The maximum Gasteiger partial charge on any atom is 0.159 e. The Bertz CT molecular complexity index is 1190. The second-order valence-electron chi connectivity index (χ2n) is 6.20. The van der Waals surface area contributed by atoms with Crippen LogP contribution < -0.4 is 0 Å². The van der Waals surface area contributed by atoms with E-state index in [4.69, 9.17) is 4.99 Å². The Morgan fingerprint density at radius 1 is 1.07 bits per heavy atom. The molecule has 136 valence electrons. The van der Waals surface area contributed by atoms with Crippen molar-refractivity contribution in [3.05, 3.63) is 74.8 Å². The predicted octanol–water partition coefficient (Wildman–Crippen LogP) is 4.58. The lowest BCUT2D eigenvalue weighted by Gasteiger charge is -2.16. The molecule has 0 amide bonds. The highest BCUT2D eigenvalue weighted by molar-refractivity contribution is 9.10. The van der Waals surface area contributed by atoms with Crippen LogP contribution in [0.25, 0.3) is 5.69 Å². The Labute approximate surface area is 178 Å². The maximum absolute atomic E-state index is 9.87. The summed E-state index contributed by atoms with van der Waals surface area (Å²) in [5.74, 6) is 1.40. The fourth-order valence-corrected chi connectivity index (χ4v) is 3.81. The zero-order chi connectivity index (χ0) is 19.8. The third-order valence-corrected chi connectivity index (χ3v) is 5.44. The van der Waals surface area contributed by atoms with E-state index in [1.807, 2.05) is 41.8 Å². The van der Waals surface area contributed by atoms with Crippen LogP contribution in [0.3, 0.4) is 0 Å². The first-order valence-corrected chi connectivity index (χ1v) is 10.1. The van der Waals surface area contributed by atoms with Crippen LogP contribution in [-0.4, -0.2) is 20.5 Å². The van der Waals surface area contributed by atoms with E-state index in [-0.39, 0.29) is 4.83 Å². The standard InChI is InChI=1S/C20H12Br2N6/c1-11(21)20-27-26-17-10-25-19(12-2-5-14(22)6-3-12)18-15(9-24)13(8-23)4-7-16(18)28(17)20/h2-7,11H,10H2,1H3. The van der Waals surface area contributed by atoms with Gasteiger partial charge in [0.15, 0.2) is 11.6 Å². The number of nitriles is 2. The molecule has 1 unspecified atom stereocenters. The number of aliphatic imine (C=N–C) groups is 1. The van der Waals surface area contributed by atoms with Gasteiger partial charge in [-0.25, -0.2) is 0 Å². The number of hydrogen-bond donors (Lipinski definition) is 0. The molecule has 4 rings (SSSR count). The molecule has 2 heterocycles. The van der Waals surface area contributed by atoms with Crippen molar-refractivity contribution in [1.29, 1.82) is 10.5 Å². The number of fused-ring (bicyclic) bond motifs is 3. The minimum atomic E-state index is -0.0444. The average Bonchev–Trinajstić information content (AvgIpc) is 3.05. The van der Waals surface area contributed by atoms with Gasteiger partial charge in [0.1, 0.15) is 18.7 Å². The Hall–Kier alpha value is -2.81. The molecule has 0 radical (unpaired) electrons. The van der Waals surface area contributed by atoms with E-state index < -0.39 is 0 Å². The highest BCUT2D eigenvalue weighted by Gasteiger charge is 2.27. The number of aromatic nitrogens is 3. The molecule has 8 heteroatoms. The summed E-state index contributed by atoms with van der Waals surface area (Å²) in [6.07, 6.45) is 0. The number of alkyl halides is 1. The summed E-state index contributed by atoms with van der Waals surface area (Å²) in [6, 6.07) is 15.5. The summed E-state index contributed by atoms with van der Waals surface area (Å²) in [7, 11) is 0. The summed E-state index contributed by atoms with van der Waals surface area (Å²) in [6.45, 7) is 2.28. The van der Waals surface area contributed by atoms with Gasteiger partial charge in [0.2, 0.25) is 0 Å². The van der Waals surface area contributed by atoms with Crippen LogP contribution in [-0.2, 0) is 6.54 Å². The molecule has 3 aromatic rings. The third kappa shape index (κ3) is 2.95. The fourth-order valence-electron chi connectivity index (χ4n) is 3.25. The van der Waals surface area contributed by atoms with E-state index in [9.17, 15) is 10.5 Å². The van der Waals surface area contributed by atoms with Crippen molar-refractivity contribution in [2.45, 2.75) is 18.3 Å². The topological polar surface area (TPSA) is 90.6 Å². The van der Waals surface area contributed by atoms with Crippen molar-refractivity contribution in [2.75, 3.05) is 0 Å². The van der Waals surface area contributed by atoms with Gasteiger partial charge in [-0.3, -0.25) is 9.56 Å². The van der Waals surface area contributed by atoms with Gasteiger partial charge >= 0.3 is 0 Å². The van der Waals surface area contributed by atoms with E-state index in [0.29, 0.717) is 34.8 Å². The van der Waals surface area contributed by atoms with Gasteiger partial charge < -0.3 is 0 Å². The van der Waals surface area contributed by atoms with Crippen molar-refractivity contribution >= 4 is 37.6 Å². The molecule has 1 aliphatic heterocycles. The zero-order valence-corrected chi connectivity index (χ0v) is 17.9. The molecule has 0 N–H and O–H groups in total. The largest absolute Gasteiger partial charge is 0.280 e. The molecule has 0 fully saturated rings. The van der Waals surface area contributed by atoms with Gasteiger partial charge in [-0.05, 0) is 31.2 Å². The quantitative estimate of drug-likeness (QED) is 0.486. The van der Waals surface area contributed by atoms with Gasteiger partial charge in [0.25, 0.3) is 0 Å². The molecule has 0 saturated heterocycles. The van der Waals surface area contributed by atoms with Crippen LogP contribution in [0.15, 0.2) is 45.9 Å². The highest BCUT2D eigenvalue weighted by Crippen LogP contribution is 2.33. The van der Waals surface area contributed by atoms with Gasteiger partial charge in [0, 0.05) is 15.6 Å². The summed E-state index contributed by atoms with van der Waals surface area (Å²) in [5, 5.41) is 28.0. The van der Waals surface area contributed by atoms with Crippen LogP contribution in [0.4, 0.5) is 0 Å². The first-order chi connectivity index (χ1) is 13.5. The van der Waals surface area contributed by atoms with Crippen LogP contribution in [0.1, 0.15) is 45.7 Å². The van der Waals surface area contributed by atoms with Crippen molar-refractivity contribution in [3.63, 3.8) is 0 Å². The number of halogens is 2. The fraction of sp³-hybridized carbons (Fsp3) is 0.150. The van der Waals surface area contributed by atoms with Gasteiger partial charge in [-0.2, -0.15) is 10.5 Å². The van der Waals surface area contributed by atoms with Gasteiger partial charge in [-0.1, -0.05) is 44.0 Å².